The van der Waals surface area contributed by atoms with Crippen molar-refractivity contribution in [3.8, 4) is 0 Å². The number of hydrogen-bond donors (Lipinski definition) is 3. The number of pyridine rings is 1. The summed E-state index contributed by atoms with van der Waals surface area (Å²) in [5.41, 5.74) is 2.02. The molecule has 0 unspecified atom stereocenters. The fourth-order valence-electron chi connectivity index (χ4n) is 4.12. The van der Waals surface area contributed by atoms with Gasteiger partial charge in [-0.1, -0.05) is 18.2 Å². The molecule has 3 aromatic heterocycles. The van der Waals surface area contributed by atoms with Crippen LogP contribution in [0.1, 0.15) is 10.5 Å². The molecule has 194 valence electrons. The van der Waals surface area contributed by atoms with Crippen molar-refractivity contribution in [3.05, 3.63) is 102 Å². The number of allylic oxidation sites excluding steroid dienone is 4. The number of rotatable bonds is 6. The van der Waals surface area contributed by atoms with E-state index in [4.69, 9.17) is 0 Å². The molecule has 3 aromatic rings. The molecule has 0 fully saturated rings. The van der Waals surface area contributed by atoms with Gasteiger partial charge in [0.15, 0.2) is 28.8 Å². The zero-order valence-corrected chi connectivity index (χ0v) is 21.0. The van der Waals surface area contributed by atoms with E-state index in [1.165, 1.54) is 10.7 Å². The molecule has 12 heteroatoms. The van der Waals surface area contributed by atoms with Crippen molar-refractivity contribution in [3.63, 3.8) is 0 Å². The molecular weight excluding hydrogens is 498 g/mol. The Hall–Kier alpha value is -5.70. The molecule has 2 aliphatic heterocycles. The van der Waals surface area contributed by atoms with E-state index in [1.807, 2.05) is 17.9 Å². The van der Waals surface area contributed by atoms with Crippen LogP contribution in [-0.4, -0.2) is 62.4 Å². The van der Waals surface area contributed by atoms with Crippen molar-refractivity contribution >= 4 is 40.8 Å². The first-order valence-electron chi connectivity index (χ1n) is 11.9. The van der Waals surface area contributed by atoms with Crippen LogP contribution in [0.3, 0.4) is 0 Å². The van der Waals surface area contributed by atoms with E-state index < -0.39 is 11.9 Å². The molecule has 0 aromatic carbocycles. The Morgan fingerprint density at radius 3 is 2.69 bits per heavy atom. The van der Waals surface area contributed by atoms with Crippen LogP contribution in [0, 0.1) is 0 Å². The lowest BCUT2D eigenvalue weighted by Crippen LogP contribution is -2.39. The number of hydrogen-bond acceptors (Lipinski definition) is 10. The van der Waals surface area contributed by atoms with Crippen LogP contribution >= 0.6 is 0 Å². The summed E-state index contributed by atoms with van der Waals surface area (Å²) in [4.78, 5) is 48.7. The summed E-state index contributed by atoms with van der Waals surface area (Å²) in [6.45, 7) is 0. The van der Waals surface area contributed by atoms with Crippen LogP contribution in [0.25, 0.3) is 5.65 Å². The van der Waals surface area contributed by atoms with E-state index in [-0.39, 0.29) is 17.1 Å². The molecule has 5 heterocycles. The summed E-state index contributed by atoms with van der Waals surface area (Å²) in [6, 6.07) is 6.37. The molecule has 0 saturated heterocycles. The fourth-order valence-corrected chi connectivity index (χ4v) is 4.12. The summed E-state index contributed by atoms with van der Waals surface area (Å²) < 4.78 is 1.39. The second-order valence-electron chi connectivity index (χ2n) is 8.40. The SMILES string of the molecule is CNc1cc(NC2=CC=CN(c3ccccn3)C2=C=O)nn2c(C(=O)N[C@@H]3C=CC=CN(C)C3=C=O)cnc12. The van der Waals surface area contributed by atoms with E-state index in [0.717, 1.165) is 0 Å². The van der Waals surface area contributed by atoms with Crippen LogP contribution in [0.4, 0.5) is 17.3 Å². The van der Waals surface area contributed by atoms with Crippen molar-refractivity contribution in [2.24, 2.45) is 0 Å². The molecule has 1 atom stereocenters. The standard InChI is InChI=1S/C27H23N9O3/c1-28-20-14-24(31-19-9-7-13-35(23(19)17-38)25-10-3-5-11-29-25)33-36-21(15-30-26(20)36)27(39)32-18-8-4-6-12-34(2)22(18)16-37/h3-15,18,28H,1-2H3,(H,31,33)(H,32,39)/t18-/m1/s1. The summed E-state index contributed by atoms with van der Waals surface area (Å²) in [6.07, 6.45) is 15.1. The van der Waals surface area contributed by atoms with Gasteiger partial charge in [-0.25, -0.2) is 24.1 Å². The summed E-state index contributed by atoms with van der Waals surface area (Å²) in [5.74, 6) is 4.25. The Bertz CT molecular complexity index is 1660. The molecule has 5 rings (SSSR count). The molecule has 0 spiro atoms. The Balaban J connectivity index is 1.46. The minimum atomic E-state index is -0.706. The maximum Gasteiger partial charge on any atom is 0.272 e. The maximum absolute atomic E-state index is 13.3. The van der Waals surface area contributed by atoms with Gasteiger partial charge in [0.25, 0.3) is 5.91 Å². The van der Waals surface area contributed by atoms with Crippen molar-refractivity contribution in [2.75, 3.05) is 29.6 Å². The number of carbonyl (C=O) groups is 1. The van der Waals surface area contributed by atoms with Gasteiger partial charge in [-0.3, -0.25) is 9.69 Å². The predicted molar refractivity (Wildman–Crippen MR) is 146 cm³/mol. The number of aromatic nitrogens is 4. The normalized spacial score (nSPS) is 16.5. The van der Waals surface area contributed by atoms with Crippen molar-refractivity contribution in [2.45, 2.75) is 6.04 Å². The second kappa shape index (κ2) is 10.7. The summed E-state index contributed by atoms with van der Waals surface area (Å²) >= 11 is 0. The molecular formula is C27H23N9O3. The van der Waals surface area contributed by atoms with Crippen molar-refractivity contribution < 1.29 is 14.4 Å². The molecule has 2 aliphatic rings. The van der Waals surface area contributed by atoms with Crippen LogP contribution < -0.4 is 20.9 Å². The predicted octanol–water partition coefficient (Wildman–Crippen LogP) is 2.04. The average molecular weight is 522 g/mol. The van der Waals surface area contributed by atoms with Gasteiger partial charge < -0.3 is 20.9 Å². The third kappa shape index (κ3) is 4.84. The summed E-state index contributed by atoms with van der Waals surface area (Å²) in [5, 5.41) is 13.6. The molecule has 0 bridgehead atoms. The lowest BCUT2D eigenvalue weighted by Gasteiger charge is -2.24. The van der Waals surface area contributed by atoms with Crippen LogP contribution in [0.15, 0.2) is 96.5 Å². The quantitative estimate of drug-likeness (QED) is 0.413. The van der Waals surface area contributed by atoms with E-state index in [2.05, 4.69) is 31.0 Å². The smallest absolute Gasteiger partial charge is 0.272 e. The summed E-state index contributed by atoms with van der Waals surface area (Å²) in [7, 11) is 3.41. The van der Waals surface area contributed by atoms with Gasteiger partial charge in [0.05, 0.1) is 23.6 Å². The Labute approximate surface area is 223 Å². The van der Waals surface area contributed by atoms with E-state index in [1.54, 1.807) is 91.1 Å². The highest BCUT2D eigenvalue weighted by Gasteiger charge is 2.24. The zero-order valence-electron chi connectivity index (χ0n) is 21.0. The molecule has 1 amide bonds. The Morgan fingerprint density at radius 1 is 1.08 bits per heavy atom. The van der Waals surface area contributed by atoms with Crippen LogP contribution in [0.2, 0.25) is 0 Å². The fraction of sp³-hybridized carbons (Fsp3) is 0.111. The highest BCUT2D eigenvalue weighted by molar-refractivity contribution is 5.94. The molecule has 39 heavy (non-hydrogen) atoms. The minimum absolute atomic E-state index is 0.141. The first kappa shape index (κ1) is 25.0. The molecule has 0 radical (unpaired) electrons. The average Bonchev–Trinajstić information content (AvgIpc) is 3.31. The lowest BCUT2D eigenvalue weighted by molar-refractivity contribution is 0.0939. The number of amides is 1. The number of likely N-dealkylation sites (N-methyl/N-ethyl adjacent to an activating group) is 1. The van der Waals surface area contributed by atoms with Gasteiger partial charge in [-0.05, 0) is 30.4 Å². The van der Waals surface area contributed by atoms with Gasteiger partial charge >= 0.3 is 0 Å². The maximum atomic E-state index is 13.3. The van der Waals surface area contributed by atoms with Crippen LogP contribution in [0.5, 0.6) is 0 Å². The number of nitrogens with zero attached hydrogens (tertiary/aromatic N) is 6. The van der Waals surface area contributed by atoms with Crippen LogP contribution in [-0.2, 0) is 9.59 Å². The van der Waals surface area contributed by atoms with Gasteiger partial charge in [0.1, 0.15) is 17.5 Å². The van der Waals surface area contributed by atoms with Crippen molar-refractivity contribution in [1.29, 1.82) is 0 Å². The lowest BCUT2D eigenvalue weighted by atomic mass is 10.2. The number of nitrogens with one attached hydrogen (secondary N) is 3. The highest BCUT2D eigenvalue weighted by atomic mass is 16.2. The molecule has 12 nitrogen and oxygen atoms in total. The number of carbonyl (C=O) groups excluding carboxylic acids is 3. The number of anilines is 3. The van der Waals surface area contributed by atoms with Gasteiger partial charge in [-0.15, -0.1) is 5.10 Å². The van der Waals surface area contributed by atoms with Gasteiger partial charge in [0.2, 0.25) is 0 Å². The first-order chi connectivity index (χ1) is 19.0. The third-order valence-corrected chi connectivity index (χ3v) is 6.01. The van der Waals surface area contributed by atoms with E-state index in [0.29, 0.717) is 28.7 Å². The Morgan fingerprint density at radius 2 is 1.95 bits per heavy atom. The minimum Gasteiger partial charge on any atom is -0.385 e. The number of fused-ring (bicyclic) bond motifs is 1. The molecule has 0 saturated carbocycles. The molecule has 3 N–H and O–H groups in total. The number of imidazole rings is 1. The largest absolute Gasteiger partial charge is 0.385 e. The van der Waals surface area contributed by atoms with E-state index in [9.17, 15) is 14.4 Å². The van der Waals surface area contributed by atoms with Crippen molar-refractivity contribution in [1.82, 2.24) is 29.8 Å². The zero-order chi connectivity index (χ0) is 27.4. The Kier molecular flexibility index (Phi) is 6.87. The molecule has 0 aliphatic carbocycles. The highest BCUT2D eigenvalue weighted by Crippen LogP contribution is 2.27. The van der Waals surface area contributed by atoms with Gasteiger partial charge in [0, 0.05) is 38.8 Å². The third-order valence-electron chi connectivity index (χ3n) is 6.01. The van der Waals surface area contributed by atoms with Gasteiger partial charge in [-0.2, -0.15) is 0 Å². The first-order valence-corrected chi connectivity index (χ1v) is 11.9. The van der Waals surface area contributed by atoms with E-state index >= 15 is 0 Å². The monoisotopic (exact) mass is 521 g/mol. The topological polar surface area (TPSA) is 137 Å². The second-order valence-corrected chi connectivity index (χ2v) is 8.40.